The maximum absolute atomic E-state index is 2.54. The number of hydrogen-bond acceptors (Lipinski definition) is 0. The number of nitrogens with zero attached hydrogens (tertiary/aromatic N) is 4. The van der Waals surface area contributed by atoms with E-state index in [0.717, 1.165) is 6.42 Å². The Balaban J connectivity index is 0.000000254. The molecule has 8 heteroatoms. The van der Waals surface area contributed by atoms with Gasteiger partial charge in [0.25, 0.3) is 0 Å². The molecule has 0 aliphatic heterocycles. The van der Waals surface area contributed by atoms with Crippen molar-refractivity contribution in [1.29, 1.82) is 0 Å². The summed E-state index contributed by atoms with van der Waals surface area (Å²) in [5.74, 6) is 4.01. The predicted octanol–water partition coefficient (Wildman–Crippen LogP) is 24.4. The summed E-state index contributed by atoms with van der Waals surface area (Å²) in [5.41, 5.74) is 28.6. The van der Waals surface area contributed by atoms with Crippen molar-refractivity contribution < 1.29 is 18.3 Å². The Labute approximate surface area is 657 Å². The highest BCUT2D eigenvalue weighted by Crippen LogP contribution is 2.35. The van der Waals surface area contributed by atoms with Crippen LogP contribution in [0.5, 0.6) is 0 Å². The molecule has 0 N–H and O–H groups in total. The average Bonchev–Trinajstić information content (AvgIpc) is 0.716. The van der Waals surface area contributed by atoms with Crippen molar-refractivity contribution in [1.82, 2.24) is 0 Å². The molecule has 0 amide bonds. The van der Waals surface area contributed by atoms with E-state index in [1.54, 1.807) is 43.0 Å². The van der Waals surface area contributed by atoms with Crippen molar-refractivity contribution in [3.05, 3.63) is 189 Å². The zero-order valence-electron chi connectivity index (χ0n) is 75.1. The fourth-order valence-electron chi connectivity index (χ4n) is 16.5. The van der Waals surface area contributed by atoms with Crippen LogP contribution in [0.2, 0.25) is 78.6 Å². The monoisotopic (exact) mass is 1500 g/mol. The van der Waals surface area contributed by atoms with Crippen LogP contribution < -0.4 is 39.0 Å². The topological polar surface area (TPSA) is 15.5 Å². The van der Waals surface area contributed by atoms with E-state index < -0.39 is 32.3 Å². The van der Waals surface area contributed by atoms with Crippen molar-refractivity contribution in [2.45, 2.75) is 323 Å². The molecule has 0 aliphatic rings. The van der Waals surface area contributed by atoms with Crippen LogP contribution in [-0.2, 0) is 40.0 Å². The molecule has 0 saturated heterocycles. The Morgan fingerprint density at radius 2 is 0.604 bits per heavy atom. The fraction of sp³-hybridized carbons (Fsp3) is 0.551. The first-order chi connectivity index (χ1) is 49.3. The van der Waals surface area contributed by atoms with Gasteiger partial charge in [-0.15, -0.1) is 0 Å². The second-order valence-electron chi connectivity index (χ2n) is 37.5. The van der Waals surface area contributed by atoms with Crippen LogP contribution in [-0.4, -0.2) is 32.3 Å². The van der Waals surface area contributed by atoms with E-state index in [4.69, 9.17) is 0 Å². The molecule has 0 fully saturated rings. The van der Waals surface area contributed by atoms with Crippen LogP contribution in [0, 0.1) is 40.5 Å². The normalized spacial score (nSPS) is 12.3. The minimum atomic E-state index is -1.44. The number of pyridine rings is 4. The molecule has 4 aromatic carbocycles. The third-order valence-electron chi connectivity index (χ3n) is 23.4. The van der Waals surface area contributed by atoms with Crippen LogP contribution in [0.1, 0.15) is 264 Å². The van der Waals surface area contributed by atoms with Crippen molar-refractivity contribution in [3.8, 4) is 45.0 Å². The molecule has 0 bridgehead atoms. The van der Waals surface area contributed by atoms with Gasteiger partial charge in [0.2, 0.25) is 22.8 Å². The standard InChI is InChI=1S/C26H42NSi.2C25H40NSi.C22H34NSi/c1-10-20(11-2)22-15-14-19(5)23(16-22)25-17-26(28(7,8)9)24(18-27(25)6)21(12-3)13-4;1-11-19(12-2)22-17-26(7)23(16-24(22)27(8,9)10)21-15-20(25(4,5)6)14-13-18(21)3;1-10-21(11-2)23-17-26(6)24(16-25(23)27(7,8)9)22-15-20(14-18(3)4)13-12-19(22)5;1-9-18(10-2)20-15-23(5)21(14-22(20)24(6,7)8)19-12-11-16(3)13-17(19)4/h14-18,20-21H,10-13H2,1-9H3;13-17,19H,11-12H2,1-10H3;12-13,15-18,21H,10-11,14H2,1-9H3;11-15,18H,9-10H2,1-8H3/q4*+1. The first-order valence-corrected chi connectivity index (χ1v) is 55.9. The fourth-order valence-corrected chi connectivity index (χ4v) is 23.3. The molecule has 0 saturated carbocycles. The van der Waals surface area contributed by atoms with Gasteiger partial charge in [0.15, 0.2) is 24.8 Å². The second-order valence-corrected chi connectivity index (χ2v) is 57.7. The Morgan fingerprint density at radius 1 is 0.311 bits per heavy atom. The zero-order chi connectivity index (χ0) is 80.1. The molecule has 106 heavy (non-hydrogen) atoms. The van der Waals surface area contributed by atoms with E-state index >= 15 is 0 Å². The van der Waals surface area contributed by atoms with Gasteiger partial charge < -0.3 is 0 Å². The Bertz CT molecular complexity index is 4170. The molecule has 0 unspecified atom stereocenters. The van der Waals surface area contributed by atoms with E-state index in [9.17, 15) is 0 Å². The van der Waals surface area contributed by atoms with E-state index in [0.29, 0.717) is 35.5 Å². The van der Waals surface area contributed by atoms with Gasteiger partial charge in [-0.05, 0) is 230 Å². The minimum Gasteiger partial charge on any atom is -0.201 e. The summed E-state index contributed by atoms with van der Waals surface area (Å²) in [7, 11) is 3.17. The van der Waals surface area contributed by atoms with Crippen molar-refractivity contribution in [3.63, 3.8) is 0 Å². The SMILES string of the molecule is CCC(CC)c1c[n+](C)c(-c2cc(C(C)(C)C)ccc2C)cc1[Si](C)(C)C.CCC(CC)c1c[n+](C)c(-c2cc(CC(C)C)ccc2C)cc1[Si](C)(C)C.CCC(CC)c1c[n+](C)c(-c2ccc(C)cc2C)cc1[Si](C)(C)C.CCC(CC)c1ccc(C)c(-c2cc([Si](C)(C)C)c(C(CC)CC)c[n+]2C)c1. The predicted molar refractivity (Wildman–Crippen MR) is 482 cm³/mol. The van der Waals surface area contributed by atoms with Gasteiger partial charge in [-0.25, -0.2) is 18.3 Å². The van der Waals surface area contributed by atoms with Crippen LogP contribution >= 0.6 is 0 Å². The lowest BCUT2D eigenvalue weighted by Crippen LogP contribution is -2.45. The number of rotatable bonds is 25. The summed E-state index contributed by atoms with van der Waals surface area (Å²) >= 11 is 0. The van der Waals surface area contributed by atoms with Crippen molar-refractivity contribution in [2.75, 3.05) is 0 Å². The van der Waals surface area contributed by atoms with Gasteiger partial charge in [0.1, 0.15) is 28.2 Å². The number of hydrogen-bond donors (Lipinski definition) is 0. The van der Waals surface area contributed by atoms with Gasteiger partial charge in [-0.2, -0.15) is 0 Å². The number of benzene rings is 4. The van der Waals surface area contributed by atoms with E-state index in [1.165, 1.54) is 154 Å². The molecule has 0 spiro atoms. The van der Waals surface area contributed by atoms with E-state index in [-0.39, 0.29) is 5.41 Å². The largest absolute Gasteiger partial charge is 0.212 e. The molecule has 0 aliphatic carbocycles. The van der Waals surface area contributed by atoms with Gasteiger partial charge in [0, 0.05) is 68.8 Å². The highest BCUT2D eigenvalue weighted by atomic mass is 28.3. The third-order valence-corrected chi connectivity index (χ3v) is 31.6. The highest BCUT2D eigenvalue weighted by molar-refractivity contribution is 6.90. The molecule has 8 aromatic rings. The Kier molecular flexibility index (Phi) is 33.3. The summed E-state index contributed by atoms with van der Waals surface area (Å²) in [5, 5.41) is 6.54. The van der Waals surface area contributed by atoms with Crippen LogP contribution in [0.25, 0.3) is 45.0 Å². The molecule has 0 atom stereocenters. The summed E-state index contributed by atoms with van der Waals surface area (Å²) < 4.78 is 9.47. The first-order valence-electron chi connectivity index (χ1n) is 41.9. The van der Waals surface area contributed by atoms with Crippen molar-refractivity contribution in [2.24, 2.45) is 34.1 Å². The molecule has 0 radical (unpaired) electrons. The summed E-state index contributed by atoms with van der Waals surface area (Å²) in [6.07, 6.45) is 23.0. The van der Waals surface area contributed by atoms with Gasteiger partial charge in [-0.3, -0.25) is 0 Å². The third kappa shape index (κ3) is 23.2. The maximum Gasteiger partial charge on any atom is 0.212 e. The minimum absolute atomic E-state index is 0.165. The summed E-state index contributed by atoms with van der Waals surface area (Å²) in [6, 6.07) is 38.0. The smallest absolute Gasteiger partial charge is 0.201 e. The quantitative estimate of drug-likeness (QED) is 0.0400. The zero-order valence-corrected chi connectivity index (χ0v) is 79.1. The lowest BCUT2D eigenvalue weighted by atomic mass is 9.84. The van der Waals surface area contributed by atoms with Crippen LogP contribution in [0.4, 0.5) is 0 Å². The maximum atomic E-state index is 2.54. The lowest BCUT2D eigenvalue weighted by molar-refractivity contribution is -0.660. The Hall–Kier alpha value is -5.65. The van der Waals surface area contributed by atoms with Crippen LogP contribution in [0.15, 0.2) is 122 Å². The first kappa shape index (κ1) is 91.0. The summed E-state index contributed by atoms with van der Waals surface area (Å²) in [6.45, 7) is 75.7. The van der Waals surface area contributed by atoms with E-state index in [1.807, 2.05) is 0 Å². The number of aromatic nitrogens is 4. The Morgan fingerprint density at radius 3 is 0.896 bits per heavy atom. The highest BCUT2D eigenvalue weighted by Gasteiger charge is 2.34. The molecule has 4 heterocycles. The van der Waals surface area contributed by atoms with Crippen molar-refractivity contribution >= 4 is 53.0 Å². The van der Waals surface area contributed by atoms with E-state index in [2.05, 4.69) is 385 Å². The van der Waals surface area contributed by atoms with Gasteiger partial charge in [-0.1, -0.05) is 237 Å². The summed E-state index contributed by atoms with van der Waals surface area (Å²) in [4.78, 5) is 0. The number of aryl methyl sites for hydroxylation is 9. The van der Waals surface area contributed by atoms with Gasteiger partial charge >= 0.3 is 0 Å². The van der Waals surface area contributed by atoms with Gasteiger partial charge in [0.05, 0.1) is 32.3 Å². The lowest BCUT2D eigenvalue weighted by Gasteiger charge is -2.25. The molecule has 4 aromatic heterocycles. The average molecular weight is 1500 g/mol. The second kappa shape index (κ2) is 38.8. The molecular formula is C98H156N4Si4+4. The molecular weight excluding hydrogens is 1350 g/mol. The molecule has 580 valence electrons. The molecule has 4 nitrogen and oxygen atoms in total. The molecule has 8 rings (SSSR count). The van der Waals surface area contributed by atoms with Crippen LogP contribution in [0.3, 0.4) is 0 Å².